The van der Waals surface area contributed by atoms with Gasteiger partial charge in [0.1, 0.15) is 17.2 Å². The number of hydrogen-bond acceptors (Lipinski definition) is 3. The topological polar surface area (TPSA) is 78.9 Å². The molecule has 0 amide bonds. The van der Waals surface area contributed by atoms with Crippen LogP contribution < -0.4 is 0 Å². The van der Waals surface area contributed by atoms with Gasteiger partial charge in [-0.25, -0.2) is 14.2 Å². The second kappa shape index (κ2) is 4.73. The highest BCUT2D eigenvalue weighted by Gasteiger charge is 2.15. The van der Waals surface area contributed by atoms with Gasteiger partial charge in [-0.1, -0.05) is 6.07 Å². The zero-order valence-corrected chi connectivity index (χ0v) is 10.3. The number of aromatic amines is 1. The van der Waals surface area contributed by atoms with E-state index in [1.54, 1.807) is 18.5 Å². The van der Waals surface area contributed by atoms with Crippen LogP contribution in [0.3, 0.4) is 0 Å². The molecular weight excluding hydrogens is 261 g/mol. The molecule has 0 saturated carbocycles. The molecule has 0 aliphatic carbocycles. The van der Waals surface area contributed by atoms with Crippen molar-refractivity contribution >= 4 is 17.0 Å². The first kappa shape index (κ1) is 12.3. The molecule has 0 unspecified atom stereocenters. The third-order valence-electron chi connectivity index (χ3n) is 2.93. The van der Waals surface area contributed by atoms with Crippen molar-refractivity contribution in [3.8, 4) is 0 Å². The minimum atomic E-state index is -1.20. The number of pyridine rings is 1. The van der Waals surface area contributed by atoms with E-state index in [0.29, 0.717) is 17.8 Å². The Morgan fingerprint density at radius 2 is 2.25 bits per heavy atom. The Hall–Kier alpha value is -2.76. The average Bonchev–Trinajstić information content (AvgIpc) is 2.80. The molecule has 0 bridgehead atoms. The number of benzene rings is 1. The highest BCUT2D eigenvalue weighted by atomic mass is 19.1. The second-order valence-corrected chi connectivity index (χ2v) is 4.38. The Labute approximate surface area is 113 Å². The van der Waals surface area contributed by atoms with E-state index in [1.165, 1.54) is 6.07 Å². The van der Waals surface area contributed by atoms with Crippen molar-refractivity contribution < 1.29 is 14.3 Å². The van der Waals surface area contributed by atoms with Gasteiger partial charge in [-0.3, -0.25) is 4.98 Å². The normalized spacial score (nSPS) is 10.8. The molecule has 0 aliphatic heterocycles. The van der Waals surface area contributed by atoms with Crippen LogP contribution in [0.1, 0.15) is 21.7 Å². The average molecular weight is 271 g/mol. The van der Waals surface area contributed by atoms with Crippen molar-refractivity contribution in [2.24, 2.45) is 0 Å². The van der Waals surface area contributed by atoms with Gasteiger partial charge in [-0.2, -0.15) is 0 Å². The third kappa shape index (κ3) is 2.23. The summed E-state index contributed by atoms with van der Waals surface area (Å²) in [7, 11) is 0. The molecule has 0 atom stereocenters. The zero-order chi connectivity index (χ0) is 14.1. The van der Waals surface area contributed by atoms with E-state index < -0.39 is 11.8 Å². The van der Waals surface area contributed by atoms with Crippen molar-refractivity contribution in [1.82, 2.24) is 15.0 Å². The summed E-state index contributed by atoms with van der Waals surface area (Å²) in [5, 5.41) is 9.08. The fourth-order valence-electron chi connectivity index (χ4n) is 2.08. The van der Waals surface area contributed by atoms with Gasteiger partial charge in [-0.05, 0) is 23.8 Å². The van der Waals surface area contributed by atoms with Gasteiger partial charge in [0, 0.05) is 18.8 Å². The molecule has 6 heteroatoms. The SMILES string of the molecule is O=C(O)c1cc(F)cc2[nH]c(Cc3cccnc3)nc12. The van der Waals surface area contributed by atoms with Crippen LogP contribution in [0, 0.1) is 5.82 Å². The number of H-pyrrole nitrogens is 1. The van der Waals surface area contributed by atoms with Gasteiger partial charge >= 0.3 is 5.97 Å². The molecule has 0 radical (unpaired) electrons. The first-order valence-corrected chi connectivity index (χ1v) is 5.94. The molecule has 0 fully saturated rings. The molecule has 3 rings (SSSR count). The molecule has 20 heavy (non-hydrogen) atoms. The third-order valence-corrected chi connectivity index (χ3v) is 2.93. The maximum absolute atomic E-state index is 13.4. The highest BCUT2D eigenvalue weighted by Crippen LogP contribution is 2.20. The molecule has 1 aromatic carbocycles. The van der Waals surface area contributed by atoms with Crippen molar-refractivity contribution in [3.63, 3.8) is 0 Å². The van der Waals surface area contributed by atoms with Crippen LogP contribution in [-0.4, -0.2) is 26.0 Å². The lowest BCUT2D eigenvalue weighted by Crippen LogP contribution is -1.98. The van der Waals surface area contributed by atoms with E-state index in [4.69, 9.17) is 5.11 Å². The van der Waals surface area contributed by atoms with Crippen molar-refractivity contribution in [1.29, 1.82) is 0 Å². The second-order valence-electron chi connectivity index (χ2n) is 4.38. The summed E-state index contributed by atoms with van der Waals surface area (Å²) >= 11 is 0. The quantitative estimate of drug-likeness (QED) is 0.766. The minimum absolute atomic E-state index is 0.145. The van der Waals surface area contributed by atoms with E-state index in [2.05, 4.69) is 15.0 Å². The minimum Gasteiger partial charge on any atom is -0.478 e. The number of nitrogens with zero attached hydrogens (tertiary/aromatic N) is 2. The monoisotopic (exact) mass is 271 g/mol. The lowest BCUT2D eigenvalue weighted by atomic mass is 10.2. The summed E-state index contributed by atoms with van der Waals surface area (Å²) < 4.78 is 13.4. The smallest absolute Gasteiger partial charge is 0.338 e. The Bertz CT molecular complexity index is 784. The first-order valence-electron chi connectivity index (χ1n) is 5.94. The van der Waals surface area contributed by atoms with Crippen LogP contribution in [0.2, 0.25) is 0 Å². The number of aromatic nitrogens is 3. The number of rotatable bonds is 3. The standard InChI is InChI=1S/C14H10FN3O2/c15-9-5-10(14(19)20)13-11(6-9)17-12(18-13)4-8-2-1-3-16-7-8/h1-3,5-7H,4H2,(H,17,18)(H,19,20). The predicted octanol–water partition coefficient (Wildman–Crippen LogP) is 2.39. The maximum Gasteiger partial charge on any atom is 0.338 e. The molecule has 2 heterocycles. The molecular formula is C14H10FN3O2. The molecule has 2 N–H and O–H groups in total. The van der Waals surface area contributed by atoms with Crippen molar-refractivity contribution in [2.75, 3.05) is 0 Å². The molecule has 100 valence electrons. The molecule has 0 saturated heterocycles. The fraction of sp³-hybridized carbons (Fsp3) is 0.0714. The number of nitrogens with one attached hydrogen (secondary N) is 1. The van der Waals surface area contributed by atoms with Gasteiger partial charge in [0.2, 0.25) is 0 Å². The highest BCUT2D eigenvalue weighted by molar-refractivity contribution is 6.00. The fourth-order valence-corrected chi connectivity index (χ4v) is 2.08. The summed E-state index contributed by atoms with van der Waals surface area (Å²) in [6.45, 7) is 0. The maximum atomic E-state index is 13.4. The predicted molar refractivity (Wildman–Crippen MR) is 70.1 cm³/mol. The number of carbonyl (C=O) groups is 1. The Kier molecular flexibility index (Phi) is 2.90. The number of halogens is 1. The summed E-state index contributed by atoms with van der Waals surface area (Å²) in [5.74, 6) is -1.23. The van der Waals surface area contributed by atoms with Gasteiger partial charge < -0.3 is 10.1 Å². The van der Waals surface area contributed by atoms with Crippen molar-refractivity contribution in [2.45, 2.75) is 6.42 Å². The number of aromatic carboxylic acids is 1. The lowest BCUT2D eigenvalue weighted by molar-refractivity contribution is 0.0698. The van der Waals surface area contributed by atoms with E-state index in [9.17, 15) is 9.18 Å². The van der Waals surface area contributed by atoms with Crippen LogP contribution in [0.15, 0.2) is 36.7 Å². The first-order chi connectivity index (χ1) is 9.63. The molecule has 2 aromatic heterocycles. The van der Waals surface area contributed by atoms with E-state index in [-0.39, 0.29) is 11.1 Å². The van der Waals surface area contributed by atoms with Gasteiger partial charge in [-0.15, -0.1) is 0 Å². The lowest BCUT2D eigenvalue weighted by Gasteiger charge is -1.96. The molecule has 0 spiro atoms. The van der Waals surface area contributed by atoms with E-state index in [1.807, 2.05) is 6.07 Å². The van der Waals surface area contributed by atoms with Gasteiger partial charge in [0.05, 0.1) is 11.1 Å². The van der Waals surface area contributed by atoms with Crippen LogP contribution in [0.4, 0.5) is 4.39 Å². The van der Waals surface area contributed by atoms with E-state index in [0.717, 1.165) is 11.6 Å². The molecule has 3 aromatic rings. The van der Waals surface area contributed by atoms with Gasteiger partial charge in [0.25, 0.3) is 0 Å². The number of imidazole rings is 1. The van der Waals surface area contributed by atoms with Crippen LogP contribution in [-0.2, 0) is 6.42 Å². The molecule has 0 aliphatic rings. The Morgan fingerprint density at radius 3 is 2.95 bits per heavy atom. The summed E-state index contributed by atoms with van der Waals surface area (Å²) in [6.07, 6.45) is 3.84. The van der Waals surface area contributed by atoms with E-state index >= 15 is 0 Å². The summed E-state index contributed by atoms with van der Waals surface area (Å²) in [5.41, 5.74) is 1.43. The number of carboxylic acids is 1. The molecule has 5 nitrogen and oxygen atoms in total. The summed E-state index contributed by atoms with van der Waals surface area (Å²) in [4.78, 5) is 22.3. The largest absolute Gasteiger partial charge is 0.478 e. The van der Waals surface area contributed by atoms with Gasteiger partial charge in [0.15, 0.2) is 0 Å². The number of hydrogen-bond donors (Lipinski definition) is 2. The number of fused-ring (bicyclic) bond motifs is 1. The Morgan fingerprint density at radius 1 is 1.40 bits per heavy atom. The Balaban J connectivity index is 2.06. The van der Waals surface area contributed by atoms with Crippen LogP contribution in [0.5, 0.6) is 0 Å². The van der Waals surface area contributed by atoms with Crippen LogP contribution in [0.25, 0.3) is 11.0 Å². The zero-order valence-electron chi connectivity index (χ0n) is 10.3. The summed E-state index contributed by atoms with van der Waals surface area (Å²) in [6, 6.07) is 5.90. The van der Waals surface area contributed by atoms with Crippen molar-refractivity contribution in [3.05, 3.63) is 59.4 Å². The number of carboxylic acid groups (broad SMARTS) is 1. The van der Waals surface area contributed by atoms with Crippen LogP contribution >= 0.6 is 0 Å².